The van der Waals surface area contributed by atoms with Crippen molar-refractivity contribution in [3.05, 3.63) is 52.1 Å². The van der Waals surface area contributed by atoms with Gasteiger partial charge in [0.25, 0.3) is 5.56 Å². The molecule has 0 saturated heterocycles. The van der Waals surface area contributed by atoms with Crippen LogP contribution in [-0.4, -0.2) is 63.8 Å². The van der Waals surface area contributed by atoms with Crippen LogP contribution in [-0.2, 0) is 40.4 Å². The Kier molecular flexibility index (Phi) is 6.99. The fourth-order valence-corrected chi connectivity index (χ4v) is 4.21. The molecular weight excluding hydrogens is 505 g/mol. The number of hydrogen-bond acceptors (Lipinski definition) is 10. The van der Waals surface area contributed by atoms with Gasteiger partial charge in [0.05, 0.1) is 36.5 Å². The maximum absolute atomic E-state index is 13.2. The molecule has 0 aliphatic carbocycles. The van der Waals surface area contributed by atoms with Crippen molar-refractivity contribution in [2.75, 3.05) is 29.6 Å². The van der Waals surface area contributed by atoms with E-state index < -0.39 is 38.9 Å². The average Bonchev–Trinajstić information content (AvgIpc) is 3.19. The van der Waals surface area contributed by atoms with Gasteiger partial charge in [-0.15, -0.1) is 0 Å². The number of pyridine rings is 1. The van der Waals surface area contributed by atoms with E-state index in [4.69, 9.17) is 4.74 Å². The summed E-state index contributed by atoms with van der Waals surface area (Å²) in [5, 5.41) is 12.2. The molecule has 0 fully saturated rings. The van der Waals surface area contributed by atoms with E-state index in [0.717, 1.165) is 12.5 Å². The summed E-state index contributed by atoms with van der Waals surface area (Å²) in [6, 6.07) is 2.58. The number of aromatic amines is 1. The molecule has 36 heavy (non-hydrogen) atoms. The maximum atomic E-state index is 13.2. The average molecular weight is 529 g/mol. The molecule has 16 heteroatoms. The predicted octanol–water partition coefficient (Wildman–Crippen LogP) is 1.22. The monoisotopic (exact) mass is 528 g/mol. The quantitative estimate of drug-likeness (QED) is 0.437. The highest BCUT2D eigenvalue weighted by Crippen LogP contribution is 2.31. The number of H-pyrrole nitrogens is 1. The Morgan fingerprint density at radius 1 is 1.25 bits per heavy atom. The maximum Gasteiger partial charge on any atom is 0.423 e. The summed E-state index contributed by atoms with van der Waals surface area (Å²) in [5.41, 5.74) is -3.11. The number of alkyl halides is 3. The molecule has 12 nitrogen and oxygen atoms in total. The van der Waals surface area contributed by atoms with Crippen LogP contribution < -0.4 is 15.8 Å². The van der Waals surface area contributed by atoms with Crippen molar-refractivity contribution in [2.24, 2.45) is 0 Å². The Hall–Kier alpha value is -3.53. The molecule has 0 bridgehead atoms. The third kappa shape index (κ3) is 5.81. The van der Waals surface area contributed by atoms with Crippen LogP contribution >= 0.6 is 0 Å². The van der Waals surface area contributed by atoms with Crippen molar-refractivity contribution in [2.45, 2.75) is 43.7 Å². The Labute approximate surface area is 203 Å². The second-order valence-corrected chi connectivity index (χ2v) is 10.3. The van der Waals surface area contributed by atoms with Crippen molar-refractivity contribution in [3.8, 4) is 0 Å². The summed E-state index contributed by atoms with van der Waals surface area (Å²) in [6.45, 7) is 3.20. The number of nitrogens with one attached hydrogen (secondary N) is 2. The van der Waals surface area contributed by atoms with E-state index in [1.54, 1.807) is 22.8 Å². The number of nitrogens with zero attached hydrogens (tertiary/aromatic N) is 6. The van der Waals surface area contributed by atoms with Gasteiger partial charge in [0.2, 0.25) is 0 Å². The molecule has 4 heterocycles. The zero-order chi connectivity index (χ0) is 26.1. The van der Waals surface area contributed by atoms with Gasteiger partial charge in [0.15, 0.2) is 15.7 Å². The van der Waals surface area contributed by atoms with Gasteiger partial charge in [0, 0.05) is 25.0 Å². The molecule has 1 aliphatic heterocycles. The summed E-state index contributed by atoms with van der Waals surface area (Å²) >= 11 is 0. The minimum atomic E-state index is -4.84. The first-order valence-electron chi connectivity index (χ1n) is 10.7. The molecule has 1 aliphatic rings. The molecule has 194 valence electrons. The normalized spacial score (nSPS) is 15.0. The smallest absolute Gasteiger partial charge is 0.378 e. The molecule has 3 aromatic heterocycles. The highest BCUT2D eigenvalue weighted by molar-refractivity contribution is 7.90. The topological polar surface area (TPSA) is 148 Å². The van der Waals surface area contributed by atoms with Gasteiger partial charge in [-0.25, -0.2) is 28.2 Å². The lowest BCUT2D eigenvalue weighted by molar-refractivity contribution is -0.138. The van der Waals surface area contributed by atoms with Gasteiger partial charge in [-0.2, -0.15) is 23.4 Å². The number of halogens is 3. The minimum absolute atomic E-state index is 0.0245. The van der Waals surface area contributed by atoms with Gasteiger partial charge >= 0.3 is 6.18 Å². The Morgan fingerprint density at radius 2 is 2.03 bits per heavy atom. The summed E-state index contributed by atoms with van der Waals surface area (Å²) in [4.78, 5) is 22.4. The fourth-order valence-electron chi connectivity index (χ4n) is 3.65. The number of fused-ring (bicyclic) bond motifs is 1. The van der Waals surface area contributed by atoms with Crippen LogP contribution in [0.5, 0.6) is 0 Å². The SMILES string of the molecule is C[C@@H](COCc1nc2n(n1)CCN(c1ccc(S(C)(=O)=O)cn1)C2)Nc1cn[nH]c(=O)c1C(F)(F)F. The summed E-state index contributed by atoms with van der Waals surface area (Å²) < 4.78 is 70.1. The highest BCUT2D eigenvalue weighted by atomic mass is 32.2. The Balaban J connectivity index is 1.33. The zero-order valence-electron chi connectivity index (χ0n) is 19.3. The Morgan fingerprint density at radius 3 is 2.69 bits per heavy atom. The molecule has 4 rings (SSSR count). The highest BCUT2D eigenvalue weighted by Gasteiger charge is 2.37. The standard InChI is InChI=1S/C20H23F3N8O4S/c1-12(26-14-8-25-28-19(32)18(14)20(21,22)23)10-35-11-15-27-17-9-30(5-6-31(17)29-15)16-4-3-13(7-24-16)36(2,33)34/h3-4,7-8,12H,5-6,9-11H2,1-2H3,(H2,26,28,32)/t12-/m0/s1. The molecule has 2 N–H and O–H groups in total. The van der Waals surface area contributed by atoms with Crippen molar-refractivity contribution in [1.29, 1.82) is 0 Å². The molecule has 0 radical (unpaired) electrons. The molecule has 0 unspecified atom stereocenters. The lowest BCUT2D eigenvalue weighted by Gasteiger charge is -2.27. The van der Waals surface area contributed by atoms with E-state index in [9.17, 15) is 26.4 Å². The first-order valence-corrected chi connectivity index (χ1v) is 12.6. The second-order valence-electron chi connectivity index (χ2n) is 8.26. The van der Waals surface area contributed by atoms with Crippen LogP contribution in [0.3, 0.4) is 0 Å². The summed E-state index contributed by atoms with van der Waals surface area (Å²) in [6.07, 6.45) is -1.50. The molecule has 0 spiro atoms. The number of ether oxygens (including phenoxy) is 1. The van der Waals surface area contributed by atoms with Gasteiger partial charge < -0.3 is 15.0 Å². The van der Waals surface area contributed by atoms with E-state index in [-0.39, 0.29) is 18.1 Å². The van der Waals surface area contributed by atoms with Crippen molar-refractivity contribution >= 4 is 21.3 Å². The molecule has 1 atom stereocenters. The van der Waals surface area contributed by atoms with Crippen LogP contribution in [0.1, 0.15) is 24.1 Å². The largest absolute Gasteiger partial charge is 0.423 e. The number of rotatable bonds is 8. The van der Waals surface area contributed by atoms with Crippen molar-refractivity contribution in [1.82, 2.24) is 29.9 Å². The second kappa shape index (κ2) is 9.85. The first kappa shape index (κ1) is 25.6. The predicted molar refractivity (Wildman–Crippen MR) is 121 cm³/mol. The summed E-state index contributed by atoms with van der Waals surface area (Å²) in [5.74, 6) is 1.69. The van der Waals surface area contributed by atoms with Gasteiger partial charge in [-0.05, 0) is 19.1 Å². The van der Waals surface area contributed by atoms with Gasteiger partial charge in [-0.1, -0.05) is 0 Å². The minimum Gasteiger partial charge on any atom is -0.378 e. The molecule has 0 saturated carbocycles. The van der Waals surface area contributed by atoms with E-state index >= 15 is 0 Å². The molecule has 3 aromatic rings. The van der Waals surface area contributed by atoms with E-state index in [1.165, 1.54) is 12.3 Å². The van der Waals surface area contributed by atoms with Crippen LogP contribution in [0.2, 0.25) is 0 Å². The summed E-state index contributed by atoms with van der Waals surface area (Å²) in [7, 11) is -3.33. The number of hydrogen-bond donors (Lipinski definition) is 2. The van der Waals surface area contributed by atoms with Crippen LogP contribution in [0.4, 0.5) is 24.7 Å². The number of anilines is 2. The fraction of sp³-hybridized carbons (Fsp3) is 0.450. The first-order chi connectivity index (χ1) is 16.9. The Bertz CT molecular complexity index is 1390. The van der Waals surface area contributed by atoms with E-state index in [2.05, 4.69) is 25.5 Å². The van der Waals surface area contributed by atoms with Crippen LogP contribution in [0.25, 0.3) is 0 Å². The zero-order valence-corrected chi connectivity index (χ0v) is 20.1. The third-order valence-corrected chi connectivity index (χ3v) is 6.42. The number of aromatic nitrogens is 6. The lowest BCUT2D eigenvalue weighted by atomic mass is 10.2. The van der Waals surface area contributed by atoms with Crippen molar-refractivity contribution in [3.63, 3.8) is 0 Å². The van der Waals surface area contributed by atoms with Crippen LogP contribution in [0.15, 0.2) is 34.2 Å². The number of sulfone groups is 1. The van der Waals surface area contributed by atoms with Gasteiger partial charge in [-0.3, -0.25) is 4.79 Å². The third-order valence-electron chi connectivity index (χ3n) is 5.32. The molecular formula is C20H23F3N8O4S. The van der Waals surface area contributed by atoms with Gasteiger partial charge in [0.1, 0.15) is 23.8 Å². The van der Waals surface area contributed by atoms with E-state index in [0.29, 0.717) is 37.1 Å². The molecule has 0 aromatic carbocycles. The van der Waals surface area contributed by atoms with Crippen molar-refractivity contribution < 1.29 is 26.3 Å². The van der Waals surface area contributed by atoms with Crippen LogP contribution in [0, 0.1) is 0 Å². The van der Waals surface area contributed by atoms with E-state index in [1.807, 2.05) is 4.90 Å². The lowest BCUT2D eigenvalue weighted by Crippen LogP contribution is -2.34. The molecule has 0 amide bonds.